The molecule has 5 rings (SSSR count). The third-order valence-corrected chi connectivity index (χ3v) is 6.83. The molecule has 6 nitrogen and oxygen atoms in total. The van der Waals surface area contributed by atoms with Crippen LogP contribution in [0, 0.1) is 25.7 Å². The standard InChI is InChI=1S/C29H28N4O2/c1-18-10-14-23(15-11-18)32-28(34)25(20(3)30-32)27(22-8-6-5-7-9-22)26-21(4)31-33(29(26)35)24-16-12-19(2)13-17-24/h5-17,25-27H,1-4H3/t25-,26-/m1/s1. The monoisotopic (exact) mass is 464 g/mol. The Morgan fingerprint density at radius 3 is 1.40 bits per heavy atom. The molecule has 0 bridgehead atoms. The summed E-state index contributed by atoms with van der Waals surface area (Å²) in [6, 6.07) is 25.2. The van der Waals surface area contributed by atoms with E-state index in [2.05, 4.69) is 10.2 Å². The van der Waals surface area contributed by atoms with Crippen LogP contribution in [0.4, 0.5) is 11.4 Å². The number of hydrazone groups is 2. The maximum absolute atomic E-state index is 13.8. The van der Waals surface area contributed by atoms with Gasteiger partial charge in [0.1, 0.15) is 0 Å². The maximum atomic E-state index is 13.8. The lowest BCUT2D eigenvalue weighted by atomic mass is 9.73. The molecule has 0 spiro atoms. The number of hydrogen-bond acceptors (Lipinski definition) is 4. The van der Waals surface area contributed by atoms with Crippen LogP contribution in [0.2, 0.25) is 0 Å². The Balaban J connectivity index is 1.54. The van der Waals surface area contributed by atoms with Gasteiger partial charge < -0.3 is 0 Å². The van der Waals surface area contributed by atoms with Crippen molar-refractivity contribution in [1.82, 2.24) is 0 Å². The van der Waals surface area contributed by atoms with Gasteiger partial charge in [-0.2, -0.15) is 10.2 Å². The fourth-order valence-electron chi connectivity index (χ4n) is 4.98. The first-order chi connectivity index (χ1) is 16.8. The Bertz CT molecular complexity index is 1240. The molecule has 6 heteroatoms. The van der Waals surface area contributed by atoms with E-state index in [1.807, 2.05) is 107 Å². The zero-order chi connectivity index (χ0) is 24.7. The second-order valence-corrected chi connectivity index (χ2v) is 9.35. The lowest BCUT2D eigenvalue weighted by Gasteiger charge is -2.28. The van der Waals surface area contributed by atoms with Gasteiger partial charge in [0.15, 0.2) is 0 Å². The number of benzene rings is 3. The van der Waals surface area contributed by atoms with Crippen molar-refractivity contribution in [3.63, 3.8) is 0 Å². The molecule has 0 N–H and O–H groups in total. The molecular formula is C29H28N4O2. The predicted octanol–water partition coefficient (Wildman–Crippen LogP) is 5.46. The molecule has 0 radical (unpaired) electrons. The van der Waals surface area contributed by atoms with Crippen LogP contribution in [0.15, 0.2) is 89.1 Å². The molecule has 0 fully saturated rings. The lowest BCUT2D eigenvalue weighted by Crippen LogP contribution is -2.40. The van der Waals surface area contributed by atoms with Crippen molar-refractivity contribution in [3.05, 3.63) is 95.6 Å². The molecule has 3 aromatic carbocycles. The average molecular weight is 465 g/mol. The smallest absolute Gasteiger partial charge is 0.256 e. The maximum Gasteiger partial charge on any atom is 0.256 e. The van der Waals surface area contributed by atoms with Crippen molar-refractivity contribution in [3.8, 4) is 0 Å². The van der Waals surface area contributed by atoms with E-state index in [9.17, 15) is 9.59 Å². The summed E-state index contributed by atoms with van der Waals surface area (Å²) >= 11 is 0. The van der Waals surface area contributed by atoms with Gasteiger partial charge in [-0.3, -0.25) is 9.59 Å². The van der Waals surface area contributed by atoms with E-state index < -0.39 is 17.8 Å². The molecule has 0 unspecified atom stereocenters. The van der Waals surface area contributed by atoms with Crippen LogP contribution >= 0.6 is 0 Å². The number of nitrogens with zero attached hydrogens (tertiary/aromatic N) is 4. The molecule has 0 saturated carbocycles. The Labute approximate surface area is 205 Å². The molecule has 2 aliphatic rings. The summed E-state index contributed by atoms with van der Waals surface area (Å²) in [4.78, 5) is 27.6. The zero-order valence-electron chi connectivity index (χ0n) is 20.3. The van der Waals surface area contributed by atoms with Gasteiger partial charge in [-0.05, 0) is 57.5 Å². The average Bonchev–Trinajstić information content (AvgIpc) is 3.31. The first kappa shape index (κ1) is 22.7. The van der Waals surface area contributed by atoms with E-state index in [1.165, 1.54) is 10.0 Å². The van der Waals surface area contributed by atoms with Gasteiger partial charge in [-0.1, -0.05) is 65.7 Å². The van der Waals surface area contributed by atoms with Crippen LogP contribution in [-0.2, 0) is 9.59 Å². The van der Waals surface area contributed by atoms with Gasteiger partial charge in [-0.25, -0.2) is 10.0 Å². The normalized spacial score (nSPS) is 20.0. The number of amides is 2. The summed E-state index contributed by atoms with van der Waals surface area (Å²) < 4.78 is 0. The molecule has 3 aromatic rings. The molecular weight excluding hydrogens is 436 g/mol. The van der Waals surface area contributed by atoms with Gasteiger partial charge in [-0.15, -0.1) is 0 Å². The highest BCUT2D eigenvalue weighted by molar-refractivity contribution is 6.19. The van der Waals surface area contributed by atoms with Gasteiger partial charge in [0.05, 0.1) is 23.2 Å². The van der Waals surface area contributed by atoms with E-state index in [-0.39, 0.29) is 11.8 Å². The molecule has 2 amide bonds. The van der Waals surface area contributed by atoms with E-state index in [1.54, 1.807) is 0 Å². The SMILES string of the molecule is CC1=NN(c2ccc(C)cc2)C(=O)[C@H]1C(c1ccccc1)[C@@H]1C(=O)N(c2ccc(C)cc2)N=C1C. The largest absolute Gasteiger partial charge is 0.272 e. The van der Waals surface area contributed by atoms with Crippen LogP contribution in [0.25, 0.3) is 0 Å². The second kappa shape index (κ2) is 8.95. The van der Waals surface area contributed by atoms with Crippen molar-refractivity contribution in [2.45, 2.75) is 33.6 Å². The minimum Gasteiger partial charge on any atom is -0.272 e. The summed E-state index contributed by atoms with van der Waals surface area (Å²) in [7, 11) is 0. The fraction of sp³-hybridized carbons (Fsp3) is 0.241. The van der Waals surface area contributed by atoms with Crippen molar-refractivity contribution in [2.24, 2.45) is 22.0 Å². The van der Waals surface area contributed by atoms with E-state index in [4.69, 9.17) is 0 Å². The van der Waals surface area contributed by atoms with Crippen LogP contribution in [-0.4, -0.2) is 23.2 Å². The van der Waals surface area contributed by atoms with Crippen LogP contribution in [0.3, 0.4) is 0 Å². The predicted molar refractivity (Wildman–Crippen MR) is 140 cm³/mol. The highest BCUT2D eigenvalue weighted by Crippen LogP contribution is 2.42. The van der Waals surface area contributed by atoms with Gasteiger partial charge in [0.2, 0.25) is 0 Å². The minimum absolute atomic E-state index is 0.130. The molecule has 2 atom stereocenters. The quantitative estimate of drug-likeness (QED) is 0.503. The molecule has 0 aliphatic carbocycles. The van der Waals surface area contributed by atoms with Gasteiger partial charge >= 0.3 is 0 Å². The third-order valence-electron chi connectivity index (χ3n) is 6.83. The Kier molecular flexibility index (Phi) is 5.81. The molecule has 2 aliphatic heterocycles. The Morgan fingerprint density at radius 2 is 1.00 bits per heavy atom. The first-order valence-corrected chi connectivity index (χ1v) is 11.8. The summed E-state index contributed by atoms with van der Waals surface area (Å²) in [6.45, 7) is 7.75. The van der Waals surface area contributed by atoms with E-state index in [0.717, 1.165) is 28.1 Å². The summed E-state index contributed by atoms with van der Waals surface area (Å²) in [6.07, 6.45) is 0. The van der Waals surface area contributed by atoms with Crippen LogP contribution in [0.5, 0.6) is 0 Å². The molecule has 2 heterocycles. The second-order valence-electron chi connectivity index (χ2n) is 9.35. The van der Waals surface area contributed by atoms with Crippen molar-refractivity contribution < 1.29 is 9.59 Å². The summed E-state index contributed by atoms with van der Waals surface area (Å²) in [5, 5.41) is 12.2. The van der Waals surface area contributed by atoms with Crippen LogP contribution < -0.4 is 10.0 Å². The number of carbonyl (C=O) groups is 2. The first-order valence-electron chi connectivity index (χ1n) is 11.8. The lowest BCUT2D eigenvalue weighted by molar-refractivity contribution is -0.122. The molecule has 176 valence electrons. The van der Waals surface area contributed by atoms with E-state index >= 15 is 0 Å². The topological polar surface area (TPSA) is 65.3 Å². The summed E-state index contributed by atoms with van der Waals surface area (Å²) in [5.41, 5.74) is 5.97. The molecule has 0 saturated heterocycles. The third kappa shape index (κ3) is 4.05. The molecule has 35 heavy (non-hydrogen) atoms. The highest BCUT2D eigenvalue weighted by atomic mass is 16.2. The highest BCUT2D eigenvalue weighted by Gasteiger charge is 2.50. The number of carbonyl (C=O) groups excluding carboxylic acids is 2. The summed E-state index contributed by atoms with van der Waals surface area (Å²) in [5.74, 6) is -1.83. The van der Waals surface area contributed by atoms with Crippen molar-refractivity contribution in [2.75, 3.05) is 10.0 Å². The van der Waals surface area contributed by atoms with Crippen molar-refractivity contribution >= 4 is 34.6 Å². The van der Waals surface area contributed by atoms with Gasteiger partial charge in [0, 0.05) is 17.3 Å². The minimum atomic E-state index is -0.573. The number of rotatable bonds is 5. The molecule has 0 aromatic heterocycles. The van der Waals surface area contributed by atoms with Gasteiger partial charge in [0.25, 0.3) is 11.8 Å². The van der Waals surface area contributed by atoms with Crippen LogP contribution in [0.1, 0.15) is 36.5 Å². The van der Waals surface area contributed by atoms with E-state index in [0.29, 0.717) is 11.4 Å². The number of aryl methyl sites for hydroxylation is 2. The Morgan fingerprint density at radius 1 is 0.600 bits per heavy atom. The zero-order valence-corrected chi connectivity index (χ0v) is 20.3. The number of hydrogen-bond donors (Lipinski definition) is 0. The van der Waals surface area contributed by atoms with Crippen molar-refractivity contribution in [1.29, 1.82) is 0 Å². The fourth-order valence-corrected chi connectivity index (χ4v) is 4.98. The number of anilines is 2. The Hall–Kier alpha value is -4.06.